The predicted octanol–water partition coefficient (Wildman–Crippen LogP) is 3.93. The molecule has 1 amide bonds. The molecule has 4 aromatic rings. The third-order valence-electron chi connectivity index (χ3n) is 5.72. The van der Waals surface area contributed by atoms with Gasteiger partial charge in [-0.15, -0.1) is 0 Å². The lowest BCUT2D eigenvalue weighted by Gasteiger charge is -2.16. The van der Waals surface area contributed by atoms with Gasteiger partial charge in [0.05, 0.1) is 24.0 Å². The number of rotatable bonds is 11. The third-order valence-corrected chi connectivity index (χ3v) is 5.72. The van der Waals surface area contributed by atoms with Gasteiger partial charge < -0.3 is 19.7 Å². The maximum absolute atomic E-state index is 12.6. The monoisotopic (exact) mass is 471 g/mol. The van der Waals surface area contributed by atoms with E-state index in [0.717, 1.165) is 16.6 Å². The quantitative estimate of drug-likeness (QED) is 0.323. The number of imidazole rings is 1. The summed E-state index contributed by atoms with van der Waals surface area (Å²) in [5, 5.41) is 13.6. The van der Waals surface area contributed by atoms with Crippen molar-refractivity contribution in [1.82, 2.24) is 14.9 Å². The summed E-state index contributed by atoms with van der Waals surface area (Å²) in [6.45, 7) is 2.56. The van der Waals surface area contributed by atoms with E-state index < -0.39 is 6.10 Å². The van der Waals surface area contributed by atoms with Crippen molar-refractivity contribution in [2.24, 2.45) is 0 Å². The number of nitrogens with zero attached hydrogens (tertiary/aromatic N) is 2. The van der Waals surface area contributed by atoms with Gasteiger partial charge in [0.15, 0.2) is 5.78 Å². The number of aliphatic hydroxyl groups excluding tert-OH is 1. The molecule has 0 saturated heterocycles. The molecule has 0 aliphatic rings. The van der Waals surface area contributed by atoms with Gasteiger partial charge in [0.25, 0.3) is 0 Å². The van der Waals surface area contributed by atoms with E-state index in [1.54, 1.807) is 24.3 Å². The van der Waals surface area contributed by atoms with E-state index in [9.17, 15) is 14.7 Å². The topological polar surface area (TPSA) is 93.5 Å². The van der Waals surface area contributed by atoms with Crippen molar-refractivity contribution in [2.45, 2.75) is 39.0 Å². The molecule has 7 nitrogen and oxygen atoms in total. The number of amides is 1. The molecular weight excluding hydrogens is 442 g/mol. The molecule has 0 radical (unpaired) electrons. The molecule has 0 aliphatic heterocycles. The van der Waals surface area contributed by atoms with Gasteiger partial charge in [-0.1, -0.05) is 49.4 Å². The van der Waals surface area contributed by atoms with E-state index >= 15 is 0 Å². The number of Topliss-reactive ketones (excluding diaryl/α,β-unsaturated/α-hetero) is 1. The fourth-order valence-corrected chi connectivity index (χ4v) is 3.86. The summed E-state index contributed by atoms with van der Waals surface area (Å²) in [5.74, 6) is 1.09. The largest absolute Gasteiger partial charge is 0.491 e. The molecule has 180 valence electrons. The molecule has 0 spiro atoms. The summed E-state index contributed by atoms with van der Waals surface area (Å²) in [6.07, 6.45) is -0.275. The minimum atomic E-state index is -0.823. The fraction of sp³-hybridized carbons (Fsp3) is 0.250. The molecule has 0 fully saturated rings. The second kappa shape index (κ2) is 11.4. The highest BCUT2D eigenvalue weighted by atomic mass is 16.5. The van der Waals surface area contributed by atoms with Crippen LogP contribution in [0.2, 0.25) is 0 Å². The van der Waals surface area contributed by atoms with Gasteiger partial charge in [-0.25, -0.2) is 4.98 Å². The molecule has 0 bridgehead atoms. The zero-order chi connectivity index (χ0) is 24.6. The van der Waals surface area contributed by atoms with E-state index in [2.05, 4.69) is 10.3 Å². The first-order valence-corrected chi connectivity index (χ1v) is 11.7. The van der Waals surface area contributed by atoms with Crippen molar-refractivity contribution in [3.05, 3.63) is 95.8 Å². The Morgan fingerprint density at radius 1 is 1.00 bits per heavy atom. The summed E-state index contributed by atoms with van der Waals surface area (Å²) in [6, 6.07) is 24.2. The molecule has 4 rings (SSSR count). The first kappa shape index (κ1) is 24.2. The zero-order valence-corrected chi connectivity index (χ0v) is 19.7. The number of aliphatic hydroxyl groups is 1. The number of fused-ring (bicyclic) bond motifs is 1. The summed E-state index contributed by atoms with van der Waals surface area (Å²) >= 11 is 0. The Kier molecular flexibility index (Phi) is 7.90. The first-order chi connectivity index (χ1) is 17.0. The lowest BCUT2D eigenvalue weighted by atomic mass is 10.1. The number of aromatic nitrogens is 2. The average molecular weight is 472 g/mol. The molecule has 7 heteroatoms. The Hall–Kier alpha value is -3.97. The fourth-order valence-electron chi connectivity index (χ4n) is 3.86. The van der Waals surface area contributed by atoms with Crippen LogP contribution in [0.5, 0.6) is 5.75 Å². The highest BCUT2D eigenvalue weighted by Gasteiger charge is 2.17. The van der Waals surface area contributed by atoms with Crippen LogP contribution in [0.4, 0.5) is 0 Å². The van der Waals surface area contributed by atoms with E-state index in [0.29, 0.717) is 30.1 Å². The van der Waals surface area contributed by atoms with Crippen LogP contribution in [0.1, 0.15) is 35.1 Å². The number of hydrogen-bond acceptors (Lipinski definition) is 5. The number of carbonyl (C=O) groups excluding carboxylic acids is 2. The maximum Gasteiger partial charge on any atom is 0.227 e. The van der Waals surface area contributed by atoms with Gasteiger partial charge in [0.1, 0.15) is 24.3 Å². The Morgan fingerprint density at radius 2 is 1.71 bits per heavy atom. The highest BCUT2D eigenvalue weighted by Crippen LogP contribution is 2.18. The minimum absolute atomic E-state index is 0.0627. The molecule has 1 aromatic heterocycles. The molecular formula is C28H29N3O4. The zero-order valence-electron chi connectivity index (χ0n) is 19.7. The molecule has 0 saturated carbocycles. The third kappa shape index (κ3) is 6.33. The Bertz CT molecular complexity index is 1280. The number of benzene rings is 3. The van der Waals surface area contributed by atoms with Crippen LogP contribution >= 0.6 is 0 Å². The van der Waals surface area contributed by atoms with Crippen LogP contribution in [-0.2, 0) is 24.3 Å². The summed E-state index contributed by atoms with van der Waals surface area (Å²) in [4.78, 5) is 29.0. The number of para-hydroxylation sites is 2. The van der Waals surface area contributed by atoms with Crippen molar-refractivity contribution in [1.29, 1.82) is 0 Å². The van der Waals surface area contributed by atoms with Crippen LogP contribution in [0.15, 0.2) is 78.9 Å². The maximum atomic E-state index is 12.6. The second-order valence-electron chi connectivity index (χ2n) is 8.33. The Balaban J connectivity index is 1.40. The van der Waals surface area contributed by atoms with E-state index in [-0.39, 0.29) is 31.3 Å². The highest BCUT2D eigenvalue weighted by molar-refractivity contribution is 5.95. The number of ether oxygens (including phenoxy) is 1. The number of ketones is 1. The van der Waals surface area contributed by atoms with E-state index in [4.69, 9.17) is 4.74 Å². The summed E-state index contributed by atoms with van der Waals surface area (Å²) < 4.78 is 7.60. The molecule has 35 heavy (non-hydrogen) atoms. The summed E-state index contributed by atoms with van der Waals surface area (Å²) in [7, 11) is 0. The standard InChI is InChI=1S/C28H29N3O4/c1-2-26(33)21-12-14-23(15-13-21)35-19-22(32)18-31-25-11-7-6-10-24(25)30-27(31)16-28(34)29-17-20-8-4-3-5-9-20/h3-15,22,32H,2,16-19H2,1H3,(H,29,34). The van der Waals surface area contributed by atoms with Gasteiger partial charge in [0, 0.05) is 18.5 Å². The normalized spacial score (nSPS) is 11.8. The SMILES string of the molecule is CCC(=O)c1ccc(OCC(O)Cn2c(CC(=O)NCc3ccccc3)nc3ccccc32)cc1. The molecule has 1 unspecified atom stereocenters. The minimum Gasteiger partial charge on any atom is -0.491 e. The molecule has 1 heterocycles. The summed E-state index contributed by atoms with van der Waals surface area (Å²) in [5.41, 5.74) is 3.27. The van der Waals surface area contributed by atoms with E-state index in [1.165, 1.54) is 0 Å². The number of nitrogens with one attached hydrogen (secondary N) is 1. The number of carbonyl (C=O) groups is 2. The van der Waals surface area contributed by atoms with Crippen molar-refractivity contribution in [3.8, 4) is 5.75 Å². The van der Waals surface area contributed by atoms with Gasteiger partial charge in [-0.05, 0) is 42.0 Å². The van der Waals surface area contributed by atoms with Gasteiger partial charge in [0.2, 0.25) is 5.91 Å². The molecule has 2 N–H and O–H groups in total. The predicted molar refractivity (Wildman–Crippen MR) is 134 cm³/mol. The number of hydrogen-bond donors (Lipinski definition) is 2. The lowest BCUT2D eigenvalue weighted by molar-refractivity contribution is -0.120. The molecule has 3 aromatic carbocycles. The Labute approximate surface area is 204 Å². The van der Waals surface area contributed by atoms with Crippen LogP contribution in [0, 0.1) is 0 Å². The lowest BCUT2D eigenvalue weighted by Crippen LogP contribution is -2.28. The van der Waals surface area contributed by atoms with Crippen LogP contribution in [0.3, 0.4) is 0 Å². The smallest absolute Gasteiger partial charge is 0.227 e. The van der Waals surface area contributed by atoms with Gasteiger partial charge in [-0.3, -0.25) is 9.59 Å². The van der Waals surface area contributed by atoms with Crippen LogP contribution in [0.25, 0.3) is 11.0 Å². The van der Waals surface area contributed by atoms with E-state index in [1.807, 2.05) is 66.1 Å². The van der Waals surface area contributed by atoms with Crippen molar-refractivity contribution in [3.63, 3.8) is 0 Å². The van der Waals surface area contributed by atoms with Crippen molar-refractivity contribution < 1.29 is 19.4 Å². The van der Waals surface area contributed by atoms with Crippen LogP contribution in [-0.4, -0.2) is 39.1 Å². The average Bonchev–Trinajstić information content (AvgIpc) is 3.23. The molecule has 0 aliphatic carbocycles. The molecule has 1 atom stereocenters. The Morgan fingerprint density at radius 3 is 2.46 bits per heavy atom. The van der Waals surface area contributed by atoms with Crippen molar-refractivity contribution in [2.75, 3.05) is 6.61 Å². The van der Waals surface area contributed by atoms with Crippen LogP contribution < -0.4 is 10.1 Å². The van der Waals surface area contributed by atoms with Crippen molar-refractivity contribution >= 4 is 22.7 Å². The first-order valence-electron chi connectivity index (χ1n) is 11.7. The second-order valence-corrected chi connectivity index (χ2v) is 8.33. The van der Waals surface area contributed by atoms with Gasteiger partial charge >= 0.3 is 0 Å². The van der Waals surface area contributed by atoms with Gasteiger partial charge in [-0.2, -0.15) is 0 Å².